The van der Waals surface area contributed by atoms with E-state index in [4.69, 9.17) is 10.6 Å². The molecule has 0 saturated carbocycles. The third kappa shape index (κ3) is 5.50. The van der Waals surface area contributed by atoms with Crippen molar-refractivity contribution < 1.29 is 9.63 Å². The van der Waals surface area contributed by atoms with Crippen molar-refractivity contribution in [1.82, 2.24) is 19.8 Å². The van der Waals surface area contributed by atoms with Gasteiger partial charge in [-0.3, -0.25) is 14.7 Å². The number of rotatable bonds is 6. The number of anilines is 1. The smallest absolute Gasteiger partial charge is 0.225 e. The fourth-order valence-corrected chi connectivity index (χ4v) is 5.04. The lowest BCUT2D eigenvalue weighted by atomic mass is 9.88. The van der Waals surface area contributed by atoms with Gasteiger partial charge in [-0.05, 0) is 75.5 Å². The van der Waals surface area contributed by atoms with Crippen LogP contribution in [0.5, 0.6) is 0 Å². The van der Waals surface area contributed by atoms with Gasteiger partial charge in [0.2, 0.25) is 5.91 Å². The fourth-order valence-electron chi connectivity index (χ4n) is 5.04. The molecule has 0 bridgehead atoms. The van der Waals surface area contributed by atoms with Gasteiger partial charge < -0.3 is 15.5 Å². The van der Waals surface area contributed by atoms with Crippen molar-refractivity contribution >= 4 is 17.4 Å². The molecular formula is C25H34N6O2. The van der Waals surface area contributed by atoms with Crippen LogP contribution in [0.1, 0.15) is 49.9 Å². The predicted molar refractivity (Wildman–Crippen MR) is 128 cm³/mol. The van der Waals surface area contributed by atoms with Crippen molar-refractivity contribution in [3.63, 3.8) is 0 Å². The van der Waals surface area contributed by atoms with Gasteiger partial charge >= 0.3 is 0 Å². The van der Waals surface area contributed by atoms with Gasteiger partial charge in [0, 0.05) is 43.4 Å². The number of oxime groups is 1. The molecule has 8 heteroatoms. The van der Waals surface area contributed by atoms with Crippen LogP contribution < -0.4 is 5.73 Å². The Balaban J connectivity index is 1.29. The summed E-state index contributed by atoms with van der Waals surface area (Å²) in [6.07, 6.45) is 7.09. The van der Waals surface area contributed by atoms with Crippen LogP contribution in [0.3, 0.4) is 0 Å². The second kappa shape index (κ2) is 10.7. The van der Waals surface area contributed by atoms with Crippen LogP contribution in [-0.2, 0) is 9.63 Å². The molecule has 2 aromatic heterocycles. The average molecular weight is 451 g/mol. The highest BCUT2D eigenvalue weighted by molar-refractivity contribution is 6.00. The molecule has 1 amide bonds. The molecule has 1 atom stereocenters. The Morgan fingerprint density at radius 3 is 2.42 bits per heavy atom. The van der Waals surface area contributed by atoms with Crippen molar-refractivity contribution in [2.75, 3.05) is 39.0 Å². The predicted octanol–water partition coefficient (Wildman–Crippen LogP) is 3.12. The van der Waals surface area contributed by atoms with E-state index in [-0.39, 0.29) is 17.9 Å². The fraction of sp³-hybridized carbons (Fsp3) is 0.520. The summed E-state index contributed by atoms with van der Waals surface area (Å²) in [7, 11) is 1.57. The van der Waals surface area contributed by atoms with Gasteiger partial charge in [0.15, 0.2) is 0 Å². The molecule has 2 aromatic rings. The number of nitrogens with zero attached hydrogens (tertiary/aromatic N) is 5. The molecule has 8 nitrogen and oxygen atoms in total. The Kier molecular flexibility index (Phi) is 7.54. The molecule has 33 heavy (non-hydrogen) atoms. The number of amides is 1. The summed E-state index contributed by atoms with van der Waals surface area (Å²) in [5.74, 6) is 1.21. The van der Waals surface area contributed by atoms with Crippen molar-refractivity contribution in [3.8, 4) is 0 Å². The first-order valence-corrected chi connectivity index (χ1v) is 11.8. The van der Waals surface area contributed by atoms with E-state index >= 15 is 0 Å². The minimum atomic E-state index is 0.107. The number of piperidine rings is 2. The van der Waals surface area contributed by atoms with Crippen molar-refractivity contribution in [2.45, 2.75) is 38.6 Å². The average Bonchev–Trinajstić information content (AvgIpc) is 2.87. The number of pyridine rings is 2. The number of aromatic nitrogens is 2. The molecule has 0 radical (unpaired) electrons. The first kappa shape index (κ1) is 23.2. The zero-order chi connectivity index (χ0) is 23.2. The SMILES string of the molecule is CON=C(c1ccccn1)C1CCN(C(=O)C2CCN(C(C)c3ccnc(N)c3)CC2)CC1. The van der Waals surface area contributed by atoms with E-state index in [1.54, 1.807) is 19.5 Å². The van der Waals surface area contributed by atoms with Gasteiger partial charge in [-0.15, -0.1) is 0 Å². The minimum Gasteiger partial charge on any atom is -0.399 e. The summed E-state index contributed by atoms with van der Waals surface area (Å²) in [5.41, 5.74) is 8.76. The Morgan fingerprint density at radius 2 is 1.79 bits per heavy atom. The molecule has 2 saturated heterocycles. The van der Waals surface area contributed by atoms with E-state index < -0.39 is 0 Å². The molecule has 176 valence electrons. The molecule has 0 spiro atoms. The molecule has 0 aromatic carbocycles. The standard InChI is InChI=1S/C25H34N6O2/c1-18(21-6-12-28-23(26)17-21)30-13-9-20(10-14-30)25(32)31-15-7-19(8-16-31)24(29-33-2)22-5-3-4-11-27-22/h3-6,11-12,17-20H,7-10,13-16H2,1-2H3,(H2,26,28). The summed E-state index contributed by atoms with van der Waals surface area (Å²) in [6, 6.07) is 10.1. The number of likely N-dealkylation sites (tertiary alicyclic amines) is 2. The molecule has 4 rings (SSSR count). The van der Waals surface area contributed by atoms with Crippen LogP contribution in [0, 0.1) is 11.8 Å². The molecule has 4 heterocycles. The normalized spacial score (nSPS) is 19.9. The van der Waals surface area contributed by atoms with Crippen molar-refractivity contribution in [3.05, 3.63) is 54.0 Å². The Hall–Kier alpha value is -3.00. The molecule has 2 aliphatic heterocycles. The number of carbonyl (C=O) groups excluding carboxylic acids is 1. The highest BCUT2D eigenvalue weighted by Gasteiger charge is 2.33. The summed E-state index contributed by atoms with van der Waals surface area (Å²) in [5, 5.41) is 4.27. The summed E-state index contributed by atoms with van der Waals surface area (Å²) in [4.78, 5) is 31.3. The lowest BCUT2D eigenvalue weighted by Gasteiger charge is -2.39. The highest BCUT2D eigenvalue weighted by Crippen LogP contribution is 2.29. The van der Waals surface area contributed by atoms with E-state index in [9.17, 15) is 4.79 Å². The van der Waals surface area contributed by atoms with Gasteiger partial charge in [-0.25, -0.2) is 4.98 Å². The van der Waals surface area contributed by atoms with Crippen LogP contribution in [0.25, 0.3) is 0 Å². The van der Waals surface area contributed by atoms with Crippen molar-refractivity contribution in [2.24, 2.45) is 17.0 Å². The van der Waals surface area contributed by atoms with Crippen LogP contribution in [0.15, 0.2) is 47.9 Å². The van der Waals surface area contributed by atoms with Crippen molar-refractivity contribution in [1.29, 1.82) is 0 Å². The zero-order valence-electron chi connectivity index (χ0n) is 19.6. The Bertz CT molecular complexity index is 950. The van der Waals surface area contributed by atoms with E-state index in [0.717, 1.165) is 63.3 Å². The van der Waals surface area contributed by atoms with Crippen LogP contribution >= 0.6 is 0 Å². The summed E-state index contributed by atoms with van der Waals surface area (Å²) < 4.78 is 0. The van der Waals surface area contributed by atoms with Gasteiger partial charge in [0.25, 0.3) is 0 Å². The largest absolute Gasteiger partial charge is 0.399 e. The minimum absolute atomic E-state index is 0.107. The number of nitrogens with two attached hydrogens (primary N) is 1. The number of carbonyl (C=O) groups is 1. The second-order valence-electron chi connectivity index (χ2n) is 8.97. The van der Waals surface area contributed by atoms with E-state index in [0.29, 0.717) is 11.7 Å². The Morgan fingerprint density at radius 1 is 1.06 bits per heavy atom. The topological polar surface area (TPSA) is 96.9 Å². The monoisotopic (exact) mass is 450 g/mol. The van der Waals surface area contributed by atoms with Crippen LogP contribution in [-0.4, -0.2) is 64.7 Å². The number of hydrogen-bond donors (Lipinski definition) is 1. The molecule has 2 fully saturated rings. The molecule has 1 unspecified atom stereocenters. The first-order valence-electron chi connectivity index (χ1n) is 11.8. The maximum Gasteiger partial charge on any atom is 0.225 e. The lowest BCUT2D eigenvalue weighted by Crippen LogP contribution is -2.46. The maximum absolute atomic E-state index is 13.2. The van der Waals surface area contributed by atoms with E-state index in [1.165, 1.54) is 5.56 Å². The van der Waals surface area contributed by atoms with Gasteiger partial charge in [0.1, 0.15) is 18.6 Å². The summed E-state index contributed by atoms with van der Waals surface area (Å²) in [6.45, 7) is 5.54. The van der Waals surface area contributed by atoms with Crippen LogP contribution in [0.2, 0.25) is 0 Å². The van der Waals surface area contributed by atoms with Gasteiger partial charge in [-0.2, -0.15) is 0 Å². The molecule has 0 aliphatic carbocycles. The van der Waals surface area contributed by atoms with E-state index in [2.05, 4.69) is 26.9 Å². The molecule has 2 aliphatic rings. The summed E-state index contributed by atoms with van der Waals surface area (Å²) >= 11 is 0. The third-order valence-corrected chi connectivity index (χ3v) is 7.02. The number of hydrogen-bond acceptors (Lipinski definition) is 7. The Labute approximate surface area is 195 Å². The molecular weight excluding hydrogens is 416 g/mol. The maximum atomic E-state index is 13.2. The van der Waals surface area contributed by atoms with Gasteiger partial charge in [-0.1, -0.05) is 11.2 Å². The molecule has 2 N–H and O–H groups in total. The second-order valence-corrected chi connectivity index (χ2v) is 8.97. The first-order chi connectivity index (χ1) is 16.1. The number of nitrogen functional groups attached to an aromatic ring is 1. The van der Waals surface area contributed by atoms with Gasteiger partial charge in [0.05, 0.1) is 5.69 Å². The zero-order valence-corrected chi connectivity index (χ0v) is 19.6. The third-order valence-electron chi connectivity index (χ3n) is 7.02. The quantitative estimate of drug-likeness (QED) is 0.537. The highest BCUT2D eigenvalue weighted by atomic mass is 16.6. The van der Waals surface area contributed by atoms with E-state index in [1.807, 2.05) is 35.2 Å². The lowest BCUT2D eigenvalue weighted by molar-refractivity contribution is -0.138. The van der Waals surface area contributed by atoms with Crippen LogP contribution in [0.4, 0.5) is 5.82 Å².